The number of rotatable bonds is 5. The first-order chi connectivity index (χ1) is 17.0. The molecular formula is C30H51N3O3. The van der Waals surface area contributed by atoms with Gasteiger partial charge < -0.3 is 20.6 Å². The number of aliphatic hydroxyl groups excluding tert-OH is 1. The fourth-order valence-corrected chi connectivity index (χ4v) is 4.87. The number of nitrogens with zero attached hydrogens (tertiary/aromatic N) is 1. The van der Waals surface area contributed by atoms with Gasteiger partial charge in [0.2, 0.25) is 11.8 Å². The number of hydrogen-bond acceptors (Lipinski definition) is 4. The van der Waals surface area contributed by atoms with Crippen molar-refractivity contribution in [1.29, 1.82) is 0 Å². The highest BCUT2D eigenvalue weighted by atomic mass is 16.3. The molecule has 0 aliphatic carbocycles. The van der Waals surface area contributed by atoms with Gasteiger partial charge in [0.1, 0.15) is 6.04 Å². The molecule has 0 unspecified atom stereocenters. The number of likely N-dealkylation sites (N-methyl/N-ethyl adjacent to an activating group) is 1. The Morgan fingerprint density at radius 2 is 1.75 bits per heavy atom. The number of carbonyl (C=O) groups excluding carboxylic acids is 2. The van der Waals surface area contributed by atoms with E-state index in [0.717, 1.165) is 32.1 Å². The summed E-state index contributed by atoms with van der Waals surface area (Å²) in [4.78, 5) is 27.2. The van der Waals surface area contributed by atoms with Gasteiger partial charge in [-0.3, -0.25) is 9.59 Å². The minimum absolute atomic E-state index is 0.00867. The van der Waals surface area contributed by atoms with Gasteiger partial charge in [0.25, 0.3) is 0 Å². The molecule has 1 aliphatic rings. The molecule has 2 amide bonds. The monoisotopic (exact) mass is 501 g/mol. The van der Waals surface area contributed by atoms with E-state index >= 15 is 0 Å². The van der Waals surface area contributed by atoms with Crippen LogP contribution in [-0.2, 0) is 21.5 Å². The first-order valence-corrected chi connectivity index (χ1v) is 14.0. The average Bonchev–Trinajstić information content (AvgIpc) is 2.83. The standard InChI is InChI=1S/C30H51N3O3/c1-22-14-11-9-7-8-10-12-17-28(35)33(6)23(2)29(36)32-26(18-22)27(34)21-31-20-24-15-13-16-25(19-24)30(3,4)5/h13,15-16,19,22-23,26-27,31,34H,7-12,14,17-18,20-21H2,1-6H3,(H,32,36)/t22-,23+,26+,27-/m1/s1. The largest absolute Gasteiger partial charge is 0.390 e. The Morgan fingerprint density at radius 1 is 1.08 bits per heavy atom. The van der Waals surface area contributed by atoms with Crippen LogP contribution in [0.4, 0.5) is 0 Å². The topological polar surface area (TPSA) is 81.7 Å². The Balaban J connectivity index is 2.04. The molecule has 1 heterocycles. The Kier molecular flexibility index (Phi) is 12.4. The molecule has 1 saturated heterocycles. The number of benzene rings is 1. The van der Waals surface area contributed by atoms with Gasteiger partial charge in [0, 0.05) is 26.6 Å². The molecule has 204 valence electrons. The van der Waals surface area contributed by atoms with E-state index in [1.807, 2.05) is 0 Å². The molecule has 0 spiro atoms. The lowest BCUT2D eigenvalue weighted by Crippen LogP contribution is -2.53. The van der Waals surface area contributed by atoms with Crippen molar-refractivity contribution in [2.75, 3.05) is 13.6 Å². The molecule has 0 bridgehead atoms. The highest BCUT2D eigenvalue weighted by Gasteiger charge is 2.28. The van der Waals surface area contributed by atoms with E-state index in [1.165, 1.54) is 30.4 Å². The lowest BCUT2D eigenvalue weighted by atomic mass is 9.86. The number of hydrogen-bond donors (Lipinski definition) is 3. The summed E-state index contributed by atoms with van der Waals surface area (Å²) in [5.41, 5.74) is 2.55. The summed E-state index contributed by atoms with van der Waals surface area (Å²) in [5.74, 6) is 0.206. The minimum atomic E-state index is -0.714. The van der Waals surface area contributed by atoms with Crippen LogP contribution in [0, 0.1) is 5.92 Å². The van der Waals surface area contributed by atoms with Gasteiger partial charge in [-0.15, -0.1) is 0 Å². The Hall–Kier alpha value is -1.92. The predicted octanol–water partition coefficient (Wildman–Crippen LogP) is 4.93. The van der Waals surface area contributed by atoms with Crippen LogP contribution < -0.4 is 10.6 Å². The Bertz CT molecular complexity index is 820. The lowest BCUT2D eigenvalue weighted by Gasteiger charge is -2.31. The van der Waals surface area contributed by atoms with Crippen LogP contribution >= 0.6 is 0 Å². The maximum Gasteiger partial charge on any atom is 0.242 e. The van der Waals surface area contributed by atoms with Crippen LogP contribution in [0.2, 0.25) is 0 Å². The van der Waals surface area contributed by atoms with Crippen LogP contribution in [0.15, 0.2) is 24.3 Å². The van der Waals surface area contributed by atoms with Crippen LogP contribution in [-0.4, -0.2) is 53.6 Å². The number of aliphatic hydroxyl groups is 1. The van der Waals surface area contributed by atoms with Gasteiger partial charge in [-0.05, 0) is 42.2 Å². The van der Waals surface area contributed by atoms with E-state index < -0.39 is 12.1 Å². The summed E-state index contributed by atoms with van der Waals surface area (Å²) >= 11 is 0. The Morgan fingerprint density at radius 3 is 2.44 bits per heavy atom. The van der Waals surface area contributed by atoms with Crippen molar-refractivity contribution in [2.24, 2.45) is 5.92 Å². The van der Waals surface area contributed by atoms with Crippen molar-refractivity contribution in [3.8, 4) is 0 Å². The third-order valence-electron chi connectivity index (χ3n) is 7.62. The van der Waals surface area contributed by atoms with Crippen LogP contribution in [0.5, 0.6) is 0 Å². The van der Waals surface area contributed by atoms with Gasteiger partial charge in [0.15, 0.2) is 0 Å². The van der Waals surface area contributed by atoms with Gasteiger partial charge in [-0.1, -0.05) is 90.5 Å². The summed E-state index contributed by atoms with van der Waals surface area (Å²) in [7, 11) is 1.71. The van der Waals surface area contributed by atoms with E-state index in [0.29, 0.717) is 25.4 Å². The average molecular weight is 502 g/mol. The maximum absolute atomic E-state index is 13.1. The second-order valence-corrected chi connectivity index (χ2v) is 11.9. The van der Waals surface area contributed by atoms with Crippen LogP contribution in [0.25, 0.3) is 0 Å². The van der Waals surface area contributed by atoms with E-state index in [-0.39, 0.29) is 23.3 Å². The summed E-state index contributed by atoms with van der Waals surface area (Å²) in [5, 5.41) is 17.6. The van der Waals surface area contributed by atoms with Gasteiger partial charge in [-0.25, -0.2) is 0 Å². The zero-order valence-electron chi connectivity index (χ0n) is 23.6. The molecule has 2 rings (SSSR count). The summed E-state index contributed by atoms with van der Waals surface area (Å²) < 4.78 is 0. The first kappa shape index (κ1) is 30.3. The molecule has 0 radical (unpaired) electrons. The zero-order valence-corrected chi connectivity index (χ0v) is 23.6. The number of amides is 2. The molecule has 0 aromatic heterocycles. The quantitative estimate of drug-likeness (QED) is 0.535. The maximum atomic E-state index is 13.1. The minimum Gasteiger partial charge on any atom is -0.390 e. The van der Waals surface area contributed by atoms with Crippen LogP contribution in [0.1, 0.15) is 104 Å². The SMILES string of the molecule is C[C@@H]1CCCCCCCCC(=O)N(C)[C@@H](C)C(=O)N[C@H]([C@H](O)CNCc2cccc(C(C)(C)C)c2)C1. The normalized spacial score (nSPS) is 24.9. The summed E-state index contributed by atoms with van der Waals surface area (Å²) in [6, 6.07) is 7.61. The number of nitrogens with one attached hydrogen (secondary N) is 2. The zero-order chi connectivity index (χ0) is 26.7. The molecule has 4 atom stereocenters. The molecule has 1 aromatic carbocycles. The van der Waals surface area contributed by atoms with E-state index in [4.69, 9.17) is 0 Å². The van der Waals surface area contributed by atoms with Gasteiger partial charge in [0.05, 0.1) is 12.1 Å². The third-order valence-corrected chi connectivity index (χ3v) is 7.62. The third kappa shape index (κ3) is 10.2. The molecule has 1 fully saturated rings. The van der Waals surface area contributed by atoms with Crippen molar-refractivity contribution in [3.05, 3.63) is 35.4 Å². The van der Waals surface area contributed by atoms with Gasteiger partial charge >= 0.3 is 0 Å². The first-order valence-electron chi connectivity index (χ1n) is 14.0. The van der Waals surface area contributed by atoms with Crippen LogP contribution in [0.3, 0.4) is 0 Å². The molecule has 1 aliphatic heterocycles. The van der Waals surface area contributed by atoms with E-state index in [2.05, 4.69) is 62.6 Å². The fourth-order valence-electron chi connectivity index (χ4n) is 4.87. The Labute approximate surface area is 219 Å². The van der Waals surface area contributed by atoms with Crippen molar-refractivity contribution >= 4 is 11.8 Å². The molecule has 1 aromatic rings. The van der Waals surface area contributed by atoms with Crippen molar-refractivity contribution in [3.63, 3.8) is 0 Å². The highest BCUT2D eigenvalue weighted by Crippen LogP contribution is 2.23. The molecule has 0 saturated carbocycles. The summed E-state index contributed by atoms with van der Waals surface area (Å²) in [6.45, 7) is 11.6. The van der Waals surface area contributed by atoms with Crippen molar-refractivity contribution in [1.82, 2.24) is 15.5 Å². The lowest BCUT2D eigenvalue weighted by molar-refractivity contribution is -0.139. The second kappa shape index (κ2) is 14.7. The molecule has 3 N–H and O–H groups in total. The van der Waals surface area contributed by atoms with E-state index in [9.17, 15) is 14.7 Å². The van der Waals surface area contributed by atoms with Crippen molar-refractivity contribution in [2.45, 2.75) is 123 Å². The van der Waals surface area contributed by atoms with E-state index in [1.54, 1.807) is 18.9 Å². The van der Waals surface area contributed by atoms with Crippen molar-refractivity contribution < 1.29 is 14.7 Å². The molecular weight excluding hydrogens is 450 g/mol. The molecule has 36 heavy (non-hydrogen) atoms. The number of carbonyl (C=O) groups is 2. The smallest absolute Gasteiger partial charge is 0.242 e. The molecule has 6 heteroatoms. The molecule has 6 nitrogen and oxygen atoms in total. The fraction of sp³-hybridized carbons (Fsp3) is 0.733. The highest BCUT2D eigenvalue weighted by molar-refractivity contribution is 5.87. The van der Waals surface area contributed by atoms with Gasteiger partial charge in [-0.2, -0.15) is 0 Å². The summed E-state index contributed by atoms with van der Waals surface area (Å²) in [6.07, 6.45) is 8.26. The second-order valence-electron chi connectivity index (χ2n) is 11.9. The predicted molar refractivity (Wildman–Crippen MR) is 148 cm³/mol.